The molecule has 0 unspecified atom stereocenters. The lowest BCUT2D eigenvalue weighted by molar-refractivity contribution is -0.126. The van der Waals surface area contributed by atoms with Crippen molar-refractivity contribution in [2.75, 3.05) is 0 Å². The normalized spacial score (nSPS) is 47.4. The van der Waals surface area contributed by atoms with Crippen molar-refractivity contribution in [3.63, 3.8) is 0 Å². The van der Waals surface area contributed by atoms with Gasteiger partial charge in [0.1, 0.15) is 0 Å². The minimum absolute atomic E-state index is 0.187. The molecule has 4 bridgehead atoms. The summed E-state index contributed by atoms with van der Waals surface area (Å²) in [5.41, 5.74) is 2.83. The third kappa shape index (κ3) is 2.11. The van der Waals surface area contributed by atoms with E-state index < -0.39 is 0 Å². The highest BCUT2D eigenvalue weighted by Crippen LogP contribution is 2.48. The molecule has 4 fully saturated rings. The van der Waals surface area contributed by atoms with Gasteiger partial charge >= 0.3 is 0 Å². The van der Waals surface area contributed by atoms with E-state index in [1.807, 2.05) is 6.21 Å². The van der Waals surface area contributed by atoms with Gasteiger partial charge in [0.25, 0.3) is 0 Å². The molecule has 4 aliphatic carbocycles. The first-order valence-electron chi connectivity index (χ1n) is 8.12. The van der Waals surface area contributed by atoms with Gasteiger partial charge in [-0.25, -0.2) is 5.43 Å². The van der Waals surface area contributed by atoms with Crippen molar-refractivity contribution in [1.82, 2.24) is 5.43 Å². The van der Waals surface area contributed by atoms with Crippen LogP contribution in [0.25, 0.3) is 0 Å². The first-order valence-corrected chi connectivity index (χ1v) is 8.12. The number of hydrazone groups is 1. The molecular formula is C16H24N2O. The maximum absolute atomic E-state index is 12.1. The summed E-state index contributed by atoms with van der Waals surface area (Å²) in [6.45, 7) is 0. The average Bonchev–Trinajstić information content (AvgIpc) is 3.18. The number of nitrogens with one attached hydrogen (secondary N) is 1. The minimum Gasteiger partial charge on any atom is -0.273 e. The summed E-state index contributed by atoms with van der Waals surface area (Å²) in [7, 11) is 0. The monoisotopic (exact) mass is 260 g/mol. The van der Waals surface area contributed by atoms with Crippen molar-refractivity contribution in [3.05, 3.63) is 0 Å². The predicted molar refractivity (Wildman–Crippen MR) is 74.5 cm³/mol. The molecule has 0 saturated heterocycles. The third-order valence-electron chi connectivity index (χ3n) is 6.31. The number of fused-ring (bicyclic) bond motifs is 4. The van der Waals surface area contributed by atoms with Crippen LogP contribution in [0.1, 0.15) is 51.4 Å². The Balaban J connectivity index is 1.29. The van der Waals surface area contributed by atoms with Crippen molar-refractivity contribution in [3.8, 4) is 0 Å². The van der Waals surface area contributed by atoms with Crippen LogP contribution >= 0.6 is 0 Å². The second-order valence-electron chi connectivity index (χ2n) is 7.37. The number of hydrogen-bond donors (Lipinski definition) is 1. The number of hydrogen-bond acceptors (Lipinski definition) is 2. The summed E-state index contributed by atoms with van der Waals surface area (Å²) in [6.07, 6.45) is 12.5. The Hall–Kier alpha value is -0.860. The van der Waals surface area contributed by atoms with E-state index in [1.165, 1.54) is 44.9 Å². The Bertz CT molecular complexity index is 406. The number of carbonyl (C=O) groups excluding carboxylic acids is 1. The molecule has 6 atom stereocenters. The SMILES string of the molecule is O=C(N/N=C\[C@H]1C[C@H]2CC[C@@H]1C2)[C@@H]1C[C@@H]2CC[C@@H]1C2. The number of rotatable bonds is 3. The highest BCUT2D eigenvalue weighted by Gasteiger charge is 2.43. The predicted octanol–water partition coefficient (Wildman–Crippen LogP) is 2.96. The Kier molecular flexibility index (Phi) is 2.89. The number of amides is 1. The van der Waals surface area contributed by atoms with Crippen LogP contribution in [0.15, 0.2) is 5.10 Å². The van der Waals surface area contributed by atoms with Gasteiger partial charge in [0, 0.05) is 12.1 Å². The van der Waals surface area contributed by atoms with Gasteiger partial charge in [-0.2, -0.15) is 5.10 Å². The fourth-order valence-electron chi connectivity index (χ4n) is 5.32. The highest BCUT2D eigenvalue weighted by molar-refractivity contribution is 5.80. The molecule has 0 heterocycles. The topological polar surface area (TPSA) is 41.5 Å². The van der Waals surface area contributed by atoms with Crippen molar-refractivity contribution < 1.29 is 4.79 Å². The first-order chi connectivity index (χ1) is 9.29. The Morgan fingerprint density at radius 3 is 2.26 bits per heavy atom. The summed E-state index contributed by atoms with van der Waals surface area (Å²) in [6, 6.07) is 0. The molecule has 4 aliphatic rings. The highest BCUT2D eigenvalue weighted by atomic mass is 16.2. The number of nitrogens with zero attached hydrogens (tertiary/aromatic N) is 1. The Morgan fingerprint density at radius 2 is 1.68 bits per heavy atom. The van der Waals surface area contributed by atoms with Crippen molar-refractivity contribution in [1.29, 1.82) is 0 Å². The van der Waals surface area contributed by atoms with Gasteiger partial charge in [-0.15, -0.1) is 0 Å². The van der Waals surface area contributed by atoms with Crippen LogP contribution in [0.4, 0.5) is 0 Å². The third-order valence-corrected chi connectivity index (χ3v) is 6.31. The van der Waals surface area contributed by atoms with Gasteiger partial charge in [-0.05, 0) is 68.1 Å². The molecule has 4 rings (SSSR count). The minimum atomic E-state index is 0.187. The molecule has 1 N–H and O–H groups in total. The molecule has 104 valence electrons. The summed E-state index contributed by atoms with van der Waals surface area (Å²) in [5, 5.41) is 4.28. The Morgan fingerprint density at radius 1 is 0.947 bits per heavy atom. The van der Waals surface area contributed by atoms with E-state index in [1.54, 1.807) is 0 Å². The zero-order valence-corrected chi connectivity index (χ0v) is 11.6. The molecule has 3 nitrogen and oxygen atoms in total. The quantitative estimate of drug-likeness (QED) is 0.615. The van der Waals surface area contributed by atoms with Crippen LogP contribution in [0, 0.1) is 35.5 Å². The molecule has 0 aromatic heterocycles. The maximum atomic E-state index is 12.1. The molecule has 0 aromatic rings. The van der Waals surface area contributed by atoms with Crippen molar-refractivity contribution in [2.45, 2.75) is 51.4 Å². The zero-order chi connectivity index (χ0) is 12.8. The van der Waals surface area contributed by atoms with E-state index in [9.17, 15) is 4.79 Å². The summed E-state index contributed by atoms with van der Waals surface area (Å²) in [4.78, 5) is 12.1. The lowest BCUT2D eigenvalue weighted by Gasteiger charge is -2.20. The standard InChI is InChI=1S/C16H24N2O/c19-16(15-8-11-2-4-13(15)6-11)18-17-9-14-7-10-1-3-12(14)5-10/h9-15H,1-8H2,(H,18,19)/b17-9-/t10-,11+,12+,13+,14+,15+/m0/s1. The van der Waals surface area contributed by atoms with Gasteiger partial charge in [-0.3, -0.25) is 4.79 Å². The van der Waals surface area contributed by atoms with E-state index in [0.29, 0.717) is 11.8 Å². The van der Waals surface area contributed by atoms with Crippen LogP contribution in [-0.4, -0.2) is 12.1 Å². The fourth-order valence-corrected chi connectivity index (χ4v) is 5.32. The maximum Gasteiger partial charge on any atom is 0.243 e. The lowest BCUT2D eigenvalue weighted by atomic mass is 9.88. The van der Waals surface area contributed by atoms with Gasteiger partial charge in [0.15, 0.2) is 0 Å². The molecule has 0 aromatic carbocycles. The molecular weight excluding hydrogens is 236 g/mol. The summed E-state index contributed by atoms with van der Waals surface area (Å²) >= 11 is 0. The lowest BCUT2D eigenvalue weighted by Crippen LogP contribution is -2.31. The van der Waals surface area contributed by atoms with E-state index in [4.69, 9.17) is 0 Å². The van der Waals surface area contributed by atoms with Crippen LogP contribution in [0.3, 0.4) is 0 Å². The van der Waals surface area contributed by atoms with E-state index in [2.05, 4.69) is 10.5 Å². The Labute approximate surface area is 115 Å². The molecule has 4 saturated carbocycles. The van der Waals surface area contributed by atoms with Gasteiger partial charge in [0.05, 0.1) is 0 Å². The molecule has 0 radical (unpaired) electrons. The van der Waals surface area contributed by atoms with E-state index >= 15 is 0 Å². The first kappa shape index (κ1) is 11.9. The smallest absolute Gasteiger partial charge is 0.243 e. The summed E-state index contributed by atoms with van der Waals surface area (Å²) in [5.74, 6) is 4.37. The van der Waals surface area contributed by atoms with E-state index in [0.717, 1.165) is 24.2 Å². The van der Waals surface area contributed by atoms with Crippen LogP contribution in [0.5, 0.6) is 0 Å². The second-order valence-corrected chi connectivity index (χ2v) is 7.37. The second kappa shape index (κ2) is 4.60. The average molecular weight is 260 g/mol. The molecule has 1 amide bonds. The number of carbonyl (C=O) groups is 1. The van der Waals surface area contributed by atoms with Crippen LogP contribution in [0.2, 0.25) is 0 Å². The van der Waals surface area contributed by atoms with Gasteiger partial charge in [-0.1, -0.05) is 12.8 Å². The molecule has 3 heteroatoms. The van der Waals surface area contributed by atoms with Gasteiger partial charge in [0.2, 0.25) is 5.91 Å². The van der Waals surface area contributed by atoms with E-state index in [-0.39, 0.29) is 11.8 Å². The van der Waals surface area contributed by atoms with Crippen LogP contribution < -0.4 is 5.43 Å². The zero-order valence-electron chi connectivity index (χ0n) is 11.6. The van der Waals surface area contributed by atoms with Crippen molar-refractivity contribution in [2.24, 2.45) is 40.6 Å². The molecule has 0 spiro atoms. The largest absolute Gasteiger partial charge is 0.273 e. The fraction of sp³-hybridized carbons (Fsp3) is 0.875. The molecule has 19 heavy (non-hydrogen) atoms. The summed E-state index contributed by atoms with van der Waals surface area (Å²) < 4.78 is 0. The molecule has 0 aliphatic heterocycles. The van der Waals surface area contributed by atoms with Gasteiger partial charge < -0.3 is 0 Å². The van der Waals surface area contributed by atoms with Crippen molar-refractivity contribution >= 4 is 12.1 Å². The van der Waals surface area contributed by atoms with Crippen LogP contribution in [-0.2, 0) is 4.79 Å².